The van der Waals surface area contributed by atoms with E-state index >= 15 is 0 Å². The van der Waals surface area contributed by atoms with Gasteiger partial charge in [-0.2, -0.15) is 0 Å². The molecule has 1 amide bonds. The van der Waals surface area contributed by atoms with Crippen molar-refractivity contribution < 1.29 is 17.9 Å². The molecule has 0 atom stereocenters. The lowest BCUT2D eigenvalue weighted by atomic mass is 9.97. The molecule has 1 aromatic rings. The van der Waals surface area contributed by atoms with E-state index < -0.39 is 10.0 Å². The fraction of sp³-hybridized carbons (Fsp3) is 0.632. The first kappa shape index (κ1) is 21.8. The van der Waals surface area contributed by atoms with Crippen molar-refractivity contribution in [3.05, 3.63) is 23.8 Å². The molecule has 0 spiro atoms. The van der Waals surface area contributed by atoms with Crippen LogP contribution >= 0.6 is 0 Å². The van der Waals surface area contributed by atoms with Crippen LogP contribution in [-0.2, 0) is 19.6 Å². The number of nitrogens with zero attached hydrogens (tertiary/aromatic N) is 1. The first-order chi connectivity index (χ1) is 12.9. The van der Waals surface area contributed by atoms with Crippen molar-refractivity contribution in [1.29, 1.82) is 0 Å². The summed E-state index contributed by atoms with van der Waals surface area (Å²) in [6.45, 7) is 7.56. The predicted octanol–water partition coefficient (Wildman–Crippen LogP) is 1.98. The van der Waals surface area contributed by atoms with Crippen LogP contribution in [0.25, 0.3) is 0 Å². The maximum absolute atomic E-state index is 12.7. The molecule has 8 heteroatoms. The van der Waals surface area contributed by atoms with Gasteiger partial charge in [0.15, 0.2) is 0 Å². The second-order valence-electron chi connectivity index (χ2n) is 7.01. The highest BCUT2D eigenvalue weighted by Gasteiger charge is 2.22. The standard InChI is InChI=1S/C19H31N3O4S/c1-4-19(23)21-17-5-6-18(15(2)13-17)27(24,25)20-14-16-7-9-22(10-8-16)11-12-26-3/h5-6,13,16,20H,4,7-12,14H2,1-3H3,(H,21,23). The number of hydrogen-bond donors (Lipinski definition) is 2. The van der Waals surface area contributed by atoms with Gasteiger partial charge in [-0.25, -0.2) is 13.1 Å². The number of ether oxygens (including phenoxy) is 1. The van der Waals surface area contributed by atoms with Crippen LogP contribution in [0.4, 0.5) is 5.69 Å². The molecule has 2 rings (SSSR count). The first-order valence-electron chi connectivity index (χ1n) is 9.47. The summed E-state index contributed by atoms with van der Waals surface area (Å²) in [5.74, 6) is 0.252. The van der Waals surface area contributed by atoms with Gasteiger partial charge in [0.2, 0.25) is 15.9 Å². The van der Waals surface area contributed by atoms with Crippen LogP contribution in [0, 0.1) is 12.8 Å². The summed E-state index contributed by atoms with van der Waals surface area (Å²) < 4.78 is 33.2. The van der Waals surface area contributed by atoms with E-state index in [-0.39, 0.29) is 10.8 Å². The molecule has 1 fully saturated rings. The van der Waals surface area contributed by atoms with E-state index in [1.807, 2.05) is 0 Å². The third-order valence-corrected chi connectivity index (χ3v) is 6.53. The second kappa shape index (κ2) is 10.2. The molecule has 1 saturated heterocycles. The SMILES string of the molecule is CCC(=O)Nc1ccc(S(=O)(=O)NCC2CCN(CCOC)CC2)c(C)c1. The van der Waals surface area contributed by atoms with Gasteiger partial charge in [-0.05, 0) is 62.5 Å². The lowest BCUT2D eigenvalue weighted by Crippen LogP contribution is -2.39. The summed E-state index contributed by atoms with van der Waals surface area (Å²) in [6.07, 6.45) is 2.34. The number of sulfonamides is 1. The lowest BCUT2D eigenvalue weighted by Gasteiger charge is -2.31. The number of carbonyl (C=O) groups is 1. The van der Waals surface area contributed by atoms with Gasteiger partial charge in [0.1, 0.15) is 0 Å². The fourth-order valence-corrected chi connectivity index (χ4v) is 4.56. The van der Waals surface area contributed by atoms with E-state index in [1.54, 1.807) is 39.2 Å². The Labute approximate surface area is 162 Å². The summed E-state index contributed by atoms with van der Waals surface area (Å²) in [5.41, 5.74) is 1.23. The number of aryl methyl sites for hydroxylation is 1. The fourth-order valence-electron chi connectivity index (χ4n) is 3.22. The highest BCUT2D eigenvalue weighted by molar-refractivity contribution is 7.89. The zero-order valence-electron chi connectivity index (χ0n) is 16.5. The van der Waals surface area contributed by atoms with Crippen molar-refractivity contribution in [2.75, 3.05) is 45.2 Å². The monoisotopic (exact) mass is 397 g/mol. The Hall–Kier alpha value is -1.48. The maximum Gasteiger partial charge on any atom is 0.240 e. The predicted molar refractivity (Wildman–Crippen MR) is 106 cm³/mol. The number of hydrogen-bond acceptors (Lipinski definition) is 5. The van der Waals surface area contributed by atoms with Crippen LogP contribution in [0.2, 0.25) is 0 Å². The zero-order chi connectivity index (χ0) is 19.9. The van der Waals surface area contributed by atoms with E-state index in [2.05, 4.69) is 14.9 Å². The normalized spacial score (nSPS) is 16.4. The number of piperidine rings is 1. The third-order valence-electron chi connectivity index (χ3n) is 4.95. The number of methoxy groups -OCH3 is 1. The van der Waals surface area contributed by atoms with E-state index in [0.29, 0.717) is 30.1 Å². The number of anilines is 1. The van der Waals surface area contributed by atoms with Crippen LogP contribution in [-0.4, -0.2) is 59.1 Å². The Kier molecular flexibility index (Phi) is 8.22. The van der Waals surface area contributed by atoms with Crippen molar-refractivity contribution in [2.45, 2.75) is 38.0 Å². The largest absolute Gasteiger partial charge is 0.383 e. The molecule has 0 bridgehead atoms. The van der Waals surface area contributed by atoms with Gasteiger partial charge in [-0.1, -0.05) is 6.92 Å². The molecule has 7 nitrogen and oxygen atoms in total. The molecule has 1 aromatic carbocycles. The van der Waals surface area contributed by atoms with Gasteiger partial charge in [-0.15, -0.1) is 0 Å². The Bertz CT molecular complexity index is 728. The molecule has 0 radical (unpaired) electrons. The Morgan fingerprint density at radius 1 is 1.30 bits per heavy atom. The first-order valence-corrected chi connectivity index (χ1v) is 11.0. The van der Waals surface area contributed by atoms with Crippen molar-refractivity contribution in [1.82, 2.24) is 9.62 Å². The third kappa shape index (κ3) is 6.57. The highest BCUT2D eigenvalue weighted by Crippen LogP contribution is 2.21. The summed E-state index contributed by atoms with van der Waals surface area (Å²) in [5, 5.41) is 2.75. The summed E-state index contributed by atoms with van der Waals surface area (Å²) >= 11 is 0. The Balaban J connectivity index is 1.90. The quantitative estimate of drug-likeness (QED) is 0.665. The van der Waals surface area contributed by atoms with Crippen molar-refractivity contribution in [2.24, 2.45) is 5.92 Å². The lowest BCUT2D eigenvalue weighted by molar-refractivity contribution is -0.115. The molecule has 0 saturated carbocycles. The molecule has 0 aromatic heterocycles. The van der Waals surface area contributed by atoms with E-state index in [1.165, 1.54) is 0 Å². The second-order valence-corrected chi connectivity index (χ2v) is 8.75. The van der Waals surface area contributed by atoms with Crippen LogP contribution in [0.15, 0.2) is 23.1 Å². The molecule has 27 heavy (non-hydrogen) atoms. The Morgan fingerprint density at radius 3 is 2.59 bits per heavy atom. The van der Waals surface area contributed by atoms with E-state index in [0.717, 1.165) is 39.1 Å². The van der Waals surface area contributed by atoms with Crippen molar-refractivity contribution >= 4 is 21.6 Å². The van der Waals surface area contributed by atoms with Crippen molar-refractivity contribution in [3.63, 3.8) is 0 Å². The molecule has 152 valence electrons. The molecule has 1 aliphatic rings. The van der Waals surface area contributed by atoms with Gasteiger partial charge in [-0.3, -0.25) is 4.79 Å². The van der Waals surface area contributed by atoms with E-state index in [4.69, 9.17) is 4.74 Å². The zero-order valence-corrected chi connectivity index (χ0v) is 17.3. The number of benzene rings is 1. The van der Waals surface area contributed by atoms with E-state index in [9.17, 15) is 13.2 Å². The molecule has 0 unspecified atom stereocenters. The van der Waals surface area contributed by atoms with Crippen LogP contribution in [0.5, 0.6) is 0 Å². The average molecular weight is 398 g/mol. The molecule has 1 aliphatic heterocycles. The maximum atomic E-state index is 12.7. The summed E-state index contributed by atoms with van der Waals surface area (Å²) in [7, 11) is -1.86. The summed E-state index contributed by atoms with van der Waals surface area (Å²) in [4.78, 5) is 14.1. The summed E-state index contributed by atoms with van der Waals surface area (Å²) in [6, 6.07) is 4.87. The number of amides is 1. The Morgan fingerprint density at radius 2 is 2.00 bits per heavy atom. The van der Waals surface area contributed by atoms with Gasteiger partial charge >= 0.3 is 0 Å². The van der Waals surface area contributed by atoms with Gasteiger partial charge in [0, 0.05) is 32.3 Å². The average Bonchev–Trinajstić information content (AvgIpc) is 2.65. The van der Waals surface area contributed by atoms with Crippen LogP contribution in [0.3, 0.4) is 0 Å². The van der Waals surface area contributed by atoms with Crippen LogP contribution in [0.1, 0.15) is 31.7 Å². The number of likely N-dealkylation sites (tertiary alicyclic amines) is 1. The molecular formula is C19H31N3O4S. The molecule has 0 aliphatic carbocycles. The molecule has 2 N–H and O–H groups in total. The highest BCUT2D eigenvalue weighted by atomic mass is 32.2. The van der Waals surface area contributed by atoms with Gasteiger partial charge in [0.05, 0.1) is 11.5 Å². The smallest absolute Gasteiger partial charge is 0.240 e. The minimum absolute atomic E-state index is 0.0972. The van der Waals surface area contributed by atoms with Gasteiger partial charge < -0.3 is 15.0 Å². The number of rotatable bonds is 9. The van der Waals surface area contributed by atoms with Gasteiger partial charge in [0.25, 0.3) is 0 Å². The minimum atomic E-state index is -3.57. The minimum Gasteiger partial charge on any atom is -0.383 e. The van der Waals surface area contributed by atoms with Crippen LogP contribution < -0.4 is 10.0 Å². The number of nitrogens with one attached hydrogen (secondary N) is 2. The van der Waals surface area contributed by atoms with Crippen molar-refractivity contribution in [3.8, 4) is 0 Å². The molecule has 1 heterocycles. The number of carbonyl (C=O) groups excluding carboxylic acids is 1. The topological polar surface area (TPSA) is 87.7 Å². The molecular weight excluding hydrogens is 366 g/mol.